The van der Waals surface area contributed by atoms with E-state index in [0.29, 0.717) is 29.8 Å². The molecule has 0 N–H and O–H groups in total. The minimum atomic E-state index is -3.73. The number of hydrogen-bond donors (Lipinski definition) is 0. The monoisotopic (exact) mass is 553 g/mol. The molecular weight excluding hydrogens is 522 g/mol. The van der Waals surface area contributed by atoms with Gasteiger partial charge in [0.2, 0.25) is 10.0 Å². The first kappa shape index (κ1) is 24.8. The molecule has 202 valence electrons. The summed E-state index contributed by atoms with van der Waals surface area (Å²) in [6, 6.07) is 39.6. The van der Waals surface area contributed by atoms with Crippen LogP contribution < -0.4 is 0 Å². The summed E-state index contributed by atoms with van der Waals surface area (Å²) < 4.78 is 29.8. The summed E-state index contributed by atoms with van der Waals surface area (Å²) in [7, 11) is -3.73. The largest absolute Gasteiger partial charge is 0.243 e. The van der Waals surface area contributed by atoms with Crippen molar-refractivity contribution in [1.29, 1.82) is 0 Å². The van der Waals surface area contributed by atoms with Crippen molar-refractivity contribution in [2.45, 2.75) is 49.1 Å². The fourth-order valence-electron chi connectivity index (χ4n) is 7.43. The van der Waals surface area contributed by atoms with E-state index in [4.69, 9.17) is 0 Å². The molecule has 0 amide bonds. The predicted molar refractivity (Wildman–Crippen MR) is 164 cm³/mol. The summed E-state index contributed by atoms with van der Waals surface area (Å²) in [5.74, 6) is 0.733. The Bertz CT molecular complexity index is 1810. The second kappa shape index (κ2) is 9.54. The molecule has 5 aromatic rings. The van der Waals surface area contributed by atoms with Gasteiger partial charge in [-0.05, 0) is 92.7 Å². The van der Waals surface area contributed by atoms with Crippen LogP contribution in [-0.4, -0.2) is 12.7 Å². The number of fused-ring (bicyclic) bond motifs is 2. The minimum Gasteiger partial charge on any atom is -0.207 e. The molecule has 4 heterocycles. The first-order valence-corrected chi connectivity index (χ1v) is 16.0. The summed E-state index contributed by atoms with van der Waals surface area (Å²) in [4.78, 5) is 0.326. The Kier molecular flexibility index (Phi) is 5.77. The molecule has 2 atom stereocenters. The number of sulfonamides is 1. The zero-order valence-electron chi connectivity index (χ0n) is 22.8. The van der Waals surface area contributed by atoms with Gasteiger partial charge in [0.1, 0.15) is 0 Å². The Morgan fingerprint density at radius 1 is 0.512 bits per heavy atom. The van der Waals surface area contributed by atoms with Crippen molar-refractivity contribution in [3.8, 4) is 22.3 Å². The Hall–Kier alpha value is -3.99. The molecule has 0 fully saturated rings. The van der Waals surface area contributed by atoms with Gasteiger partial charge >= 0.3 is 0 Å². The molecule has 2 unspecified atom stereocenters. The van der Waals surface area contributed by atoms with E-state index in [1.165, 1.54) is 44.5 Å². The molecule has 4 aliphatic heterocycles. The van der Waals surface area contributed by atoms with Crippen LogP contribution in [0.2, 0.25) is 0 Å². The van der Waals surface area contributed by atoms with Crippen LogP contribution in [0.3, 0.4) is 0 Å². The minimum absolute atomic E-state index is 0.313. The summed E-state index contributed by atoms with van der Waals surface area (Å²) in [5, 5.41) is 0. The molecule has 0 radical (unpaired) electrons. The third kappa shape index (κ3) is 4.00. The van der Waals surface area contributed by atoms with E-state index in [9.17, 15) is 8.42 Å². The number of benzene rings is 5. The van der Waals surface area contributed by atoms with Gasteiger partial charge in [-0.1, -0.05) is 97.4 Å². The SMILES string of the molecule is O=S(=O)(c1ccccc1)N1Cc2ccc3c(c2)-c2ccccc2C3CCCC2c3ccccc3-c3cc(ccc32)C1. The summed E-state index contributed by atoms with van der Waals surface area (Å²) in [5.41, 5.74) is 12.6. The lowest BCUT2D eigenvalue weighted by molar-refractivity contribution is 0.401. The standard InChI is InChI=1S/C37H31NO2S/c39-41(40,27-9-2-1-3-10-27)38-23-25-17-19-34-30(28-11-4-6-13-32(28)36(34)21-25)15-8-16-31-29-12-5-7-14-33(29)37-22-26(24-38)18-20-35(31)37/h1-7,9-14,17-22,30-31H,8,15-16,23-24H2. The normalized spacial score (nSPS) is 19.3. The highest BCUT2D eigenvalue weighted by Gasteiger charge is 2.33. The van der Waals surface area contributed by atoms with Gasteiger partial charge in [-0.3, -0.25) is 0 Å². The average Bonchev–Trinajstić information content (AvgIpc) is 3.49. The van der Waals surface area contributed by atoms with E-state index in [0.717, 1.165) is 30.4 Å². The summed E-state index contributed by atoms with van der Waals surface area (Å²) in [6.07, 6.45) is 3.34. The van der Waals surface area contributed by atoms with Crippen molar-refractivity contribution in [1.82, 2.24) is 4.31 Å². The van der Waals surface area contributed by atoms with Crippen molar-refractivity contribution in [2.75, 3.05) is 0 Å². The van der Waals surface area contributed by atoms with Gasteiger partial charge in [0.15, 0.2) is 0 Å². The highest BCUT2D eigenvalue weighted by atomic mass is 32.2. The number of rotatable bonds is 2. The second-order valence-corrected chi connectivity index (χ2v) is 13.6. The maximum absolute atomic E-state index is 14.1. The van der Waals surface area contributed by atoms with E-state index in [1.807, 2.05) is 6.07 Å². The summed E-state index contributed by atoms with van der Waals surface area (Å²) in [6.45, 7) is 0.626. The quantitative estimate of drug-likeness (QED) is 0.220. The molecular formula is C37H31NO2S. The molecule has 8 bridgehead atoms. The molecule has 3 nitrogen and oxygen atoms in total. The fraction of sp³-hybridized carbons (Fsp3) is 0.189. The zero-order valence-corrected chi connectivity index (χ0v) is 23.6. The topological polar surface area (TPSA) is 37.4 Å². The Labute approximate surface area is 242 Å². The predicted octanol–water partition coefficient (Wildman–Crippen LogP) is 8.49. The maximum atomic E-state index is 14.1. The van der Waals surface area contributed by atoms with Crippen LogP contribution in [0.1, 0.15) is 64.5 Å². The molecule has 0 saturated heterocycles. The molecule has 41 heavy (non-hydrogen) atoms. The second-order valence-electron chi connectivity index (χ2n) is 11.6. The first-order valence-electron chi connectivity index (χ1n) is 14.6. The van der Waals surface area contributed by atoms with Crippen molar-refractivity contribution in [3.63, 3.8) is 0 Å². The van der Waals surface area contributed by atoms with Crippen molar-refractivity contribution in [3.05, 3.63) is 149 Å². The van der Waals surface area contributed by atoms with Gasteiger partial charge < -0.3 is 0 Å². The van der Waals surface area contributed by atoms with Gasteiger partial charge in [-0.25, -0.2) is 8.42 Å². The molecule has 5 aromatic carbocycles. The van der Waals surface area contributed by atoms with Crippen LogP contribution >= 0.6 is 0 Å². The van der Waals surface area contributed by atoms with Crippen molar-refractivity contribution >= 4 is 10.0 Å². The molecule has 6 aliphatic rings. The lowest BCUT2D eigenvalue weighted by Crippen LogP contribution is -2.30. The average molecular weight is 554 g/mol. The third-order valence-electron chi connectivity index (χ3n) is 9.32. The van der Waals surface area contributed by atoms with Gasteiger partial charge in [0.25, 0.3) is 0 Å². The Morgan fingerprint density at radius 2 is 0.976 bits per heavy atom. The van der Waals surface area contributed by atoms with Gasteiger partial charge in [0, 0.05) is 24.9 Å². The molecule has 0 spiro atoms. The van der Waals surface area contributed by atoms with E-state index in [2.05, 4.69) is 84.9 Å². The fourth-order valence-corrected chi connectivity index (χ4v) is 8.87. The summed E-state index contributed by atoms with van der Waals surface area (Å²) >= 11 is 0. The zero-order chi connectivity index (χ0) is 27.6. The van der Waals surface area contributed by atoms with E-state index in [-0.39, 0.29) is 0 Å². The molecule has 2 aliphatic carbocycles. The maximum Gasteiger partial charge on any atom is 0.243 e. The van der Waals surface area contributed by atoms with Crippen LogP contribution in [0, 0.1) is 0 Å². The van der Waals surface area contributed by atoms with Crippen molar-refractivity contribution < 1.29 is 8.42 Å². The molecule has 0 aromatic heterocycles. The lowest BCUT2D eigenvalue weighted by atomic mass is 9.86. The third-order valence-corrected chi connectivity index (χ3v) is 11.1. The molecule has 4 heteroatoms. The van der Waals surface area contributed by atoms with E-state index < -0.39 is 10.0 Å². The smallest absolute Gasteiger partial charge is 0.207 e. The van der Waals surface area contributed by atoms with E-state index in [1.54, 1.807) is 28.6 Å². The highest BCUT2D eigenvalue weighted by molar-refractivity contribution is 7.89. The van der Waals surface area contributed by atoms with Gasteiger partial charge in [0.05, 0.1) is 4.90 Å². The van der Waals surface area contributed by atoms with Crippen LogP contribution in [0.25, 0.3) is 22.3 Å². The first-order chi connectivity index (χ1) is 20.1. The lowest BCUT2D eigenvalue weighted by Gasteiger charge is -2.24. The highest BCUT2D eigenvalue weighted by Crippen LogP contribution is 2.50. The van der Waals surface area contributed by atoms with Crippen LogP contribution in [0.4, 0.5) is 0 Å². The van der Waals surface area contributed by atoms with Gasteiger partial charge in [-0.2, -0.15) is 4.31 Å². The van der Waals surface area contributed by atoms with Crippen molar-refractivity contribution in [2.24, 2.45) is 0 Å². The van der Waals surface area contributed by atoms with Gasteiger partial charge in [-0.15, -0.1) is 0 Å². The Balaban J connectivity index is 1.30. The van der Waals surface area contributed by atoms with Crippen LogP contribution in [0.15, 0.2) is 120 Å². The van der Waals surface area contributed by atoms with E-state index >= 15 is 0 Å². The Morgan fingerprint density at radius 3 is 1.51 bits per heavy atom. The number of hydrogen-bond acceptors (Lipinski definition) is 2. The van der Waals surface area contributed by atoms with Crippen LogP contribution in [0.5, 0.6) is 0 Å². The molecule has 0 saturated carbocycles. The van der Waals surface area contributed by atoms with Crippen LogP contribution in [-0.2, 0) is 23.1 Å². The molecule has 11 rings (SSSR count). The number of nitrogens with zero attached hydrogens (tertiary/aromatic N) is 1.